The fourth-order valence-electron chi connectivity index (χ4n) is 2.72. The number of hydrogen-bond donors (Lipinski definition) is 2. The number of anilines is 2. The van der Waals surface area contributed by atoms with Crippen molar-refractivity contribution in [1.82, 2.24) is 0 Å². The van der Waals surface area contributed by atoms with E-state index in [2.05, 4.69) is 5.32 Å². The van der Waals surface area contributed by atoms with Crippen molar-refractivity contribution in [2.75, 3.05) is 16.8 Å². The summed E-state index contributed by atoms with van der Waals surface area (Å²) < 4.78 is 5.40. The van der Waals surface area contributed by atoms with E-state index in [1.165, 1.54) is 24.0 Å². The molecule has 2 aromatic carbocycles. The van der Waals surface area contributed by atoms with Crippen molar-refractivity contribution in [1.29, 1.82) is 0 Å². The Hall–Kier alpha value is -3.35. The molecule has 7 nitrogen and oxygen atoms in total. The zero-order chi connectivity index (χ0) is 18.8. The van der Waals surface area contributed by atoms with E-state index in [4.69, 9.17) is 4.74 Å². The Bertz CT molecular complexity index is 876. The number of carbonyl (C=O) groups excluding carboxylic acids is 3. The van der Waals surface area contributed by atoms with Gasteiger partial charge in [0.15, 0.2) is 12.4 Å². The number of ketones is 1. The fraction of sp³-hybridized carbons (Fsp3) is 0.211. The van der Waals surface area contributed by atoms with Gasteiger partial charge in [-0.2, -0.15) is 0 Å². The highest BCUT2D eigenvalue weighted by molar-refractivity contribution is 6.07. The van der Waals surface area contributed by atoms with Crippen molar-refractivity contribution in [3.05, 3.63) is 48.0 Å². The molecule has 2 amide bonds. The van der Waals surface area contributed by atoms with Crippen molar-refractivity contribution >= 4 is 29.0 Å². The lowest BCUT2D eigenvalue weighted by molar-refractivity contribution is -0.125. The van der Waals surface area contributed by atoms with E-state index in [1.54, 1.807) is 37.3 Å². The summed E-state index contributed by atoms with van der Waals surface area (Å²) in [6.45, 7) is 2.85. The topological polar surface area (TPSA) is 95.9 Å². The minimum atomic E-state index is -0.818. The van der Waals surface area contributed by atoms with E-state index in [-0.39, 0.29) is 24.0 Å². The van der Waals surface area contributed by atoms with Crippen molar-refractivity contribution in [2.24, 2.45) is 0 Å². The summed E-state index contributed by atoms with van der Waals surface area (Å²) in [5.41, 5.74) is 1.32. The second-order valence-corrected chi connectivity index (χ2v) is 6.00. The molecule has 0 saturated carbocycles. The average molecular weight is 354 g/mol. The molecule has 26 heavy (non-hydrogen) atoms. The summed E-state index contributed by atoms with van der Waals surface area (Å²) in [5, 5.41) is 12.0. The maximum absolute atomic E-state index is 12.6. The van der Waals surface area contributed by atoms with Crippen LogP contribution < -0.4 is 15.0 Å². The molecule has 0 saturated heterocycles. The number of amides is 2. The number of hydrogen-bond acceptors (Lipinski definition) is 5. The van der Waals surface area contributed by atoms with Crippen LogP contribution in [0.15, 0.2) is 42.5 Å². The van der Waals surface area contributed by atoms with Crippen molar-refractivity contribution in [2.45, 2.75) is 19.9 Å². The fourth-order valence-corrected chi connectivity index (χ4v) is 2.72. The highest BCUT2D eigenvalue weighted by atomic mass is 16.5. The summed E-state index contributed by atoms with van der Waals surface area (Å²) in [7, 11) is 0. The van der Waals surface area contributed by atoms with Gasteiger partial charge in [-0.25, -0.2) is 0 Å². The van der Waals surface area contributed by atoms with Gasteiger partial charge in [-0.1, -0.05) is 0 Å². The van der Waals surface area contributed by atoms with Gasteiger partial charge in [-0.3, -0.25) is 19.3 Å². The number of phenolic OH excluding ortho intramolecular Hbond substituents is 1. The highest BCUT2D eigenvalue weighted by Crippen LogP contribution is 2.34. The Morgan fingerprint density at radius 1 is 1.19 bits per heavy atom. The number of benzene rings is 2. The summed E-state index contributed by atoms with van der Waals surface area (Å²) in [6.07, 6.45) is 0. The lowest BCUT2D eigenvalue weighted by atomic mass is 10.1. The minimum Gasteiger partial charge on any atom is -0.508 e. The molecular formula is C19H18N2O5. The molecule has 1 heterocycles. The molecule has 0 bridgehead atoms. The zero-order valence-corrected chi connectivity index (χ0v) is 14.4. The molecule has 1 aliphatic rings. The SMILES string of the molecule is CC(=O)c1ccc2c(c1)N(C(C)C(=O)Nc1ccc(O)cc1)C(=O)CO2. The van der Waals surface area contributed by atoms with Gasteiger partial charge >= 0.3 is 0 Å². The van der Waals surface area contributed by atoms with Crippen LogP contribution in [0.5, 0.6) is 11.5 Å². The van der Waals surface area contributed by atoms with Gasteiger partial charge in [0.05, 0.1) is 5.69 Å². The van der Waals surface area contributed by atoms with Gasteiger partial charge in [-0.15, -0.1) is 0 Å². The summed E-state index contributed by atoms with van der Waals surface area (Å²) in [4.78, 5) is 38.0. The first-order valence-electron chi connectivity index (χ1n) is 8.06. The number of ether oxygens (including phenoxy) is 1. The Balaban J connectivity index is 1.88. The first kappa shape index (κ1) is 17.5. The number of phenols is 1. The number of Topliss-reactive ketones (excluding diaryl/α,β-unsaturated/α-hetero) is 1. The molecule has 2 aromatic rings. The number of carbonyl (C=O) groups is 3. The van der Waals surface area contributed by atoms with Crippen molar-refractivity contribution in [3.8, 4) is 11.5 Å². The van der Waals surface area contributed by atoms with E-state index in [1.807, 2.05) is 0 Å². The molecule has 1 atom stereocenters. The average Bonchev–Trinajstić information content (AvgIpc) is 2.62. The lowest BCUT2D eigenvalue weighted by Crippen LogP contribution is -2.49. The molecule has 0 aromatic heterocycles. The standard InChI is InChI=1S/C19H18N2O5/c1-11(19(25)20-14-4-6-15(23)7-5-14)21-16-9-13(12(2)22)3-8-17(16)26-10-18(21)24/h3-9,11,23H,10H2,1-2H3,(H,20,25). The van der Waals surface area contributed by atoms with Crippen LogP contribution in [0.1, 0.15) is 24.2 Å². The Kier molecular flexibility index (Phi) is 4.62. The third-order valence-corrected chi connectivity index (χ3v) is 4.15. The van der Waals surface area contributed by atoms with E-state index >= 15 is 0 Å². The maximum atomic E-state index is 12.6. The monoisotopic (exact) mass is 354 g/mol. The van der Waals surface area contributed by atoms with Crippen molar-refractivity contribution in [3.63, 3.8) is 0 Å². The second-order valence-electron chi connectivity index (χ2n) is 6.00. The number of nitrogens with one attached hydrogen (secondary N) is 1. The van der Waals surface area contributed by atoms with Crippen LogP contribution >= 0.6 is 0 Å². The van der Waals surface area contributed by atoms with Crippen LogP contribution in [0.2, 0.25) is 0 Å². The number of nitrogens with zero attached hydrogens (tertiary/aromatic N) is 1. The van der Waals surface area contributed by atoms with Crippen LogP contribution in [0.3, 0.4) is 0 Å². The van der Waals surface area contributed by atoms with E-state index in [0.717, 1.165) is 0 Å². The zero-order valence-electron chi connectivity index (χ0n) is 14.4. The van der Waals surface area contributed by atoms with E-state index in [9.17, 15) is 19.5 Å². The molecule has 1 unspecified atom stereocenters. The Labute approximate surface area is 150 Å². The molecule has 0 aliphatic carbocycles. The highest BCUT2D eigenvalue weighted by Gasteiger charge is 2.33. The van der Waals surface area contributed by atoms with Crippen LogP contribution in [0, 0.1) is 0 Å². The summed E-state index contributed by atoms with van der Waals surface area (Å²) in [6, 6.07) is 10.0. The molecule has 2 N–H and O–H groups in total. The Morgan fingerprint density at radius 2 is 1.88 bits per heavy atom. The molecule has 0 spiro atoms. The van der Waals surface area contributed by atoms with E-state index in [0.29, 0.717) is 22.7 Å². The predicted molar refractivity (Wildman–Crippen MR) is 95.6 cm³/mol. The molecular weight excluding hydrogens is 336 g/mol. The van der Waals surface area contributed by atoms with Gasteiger partial charge < -0.3 is 15.2 Å². The summed E-state index contributed by atoms with van der Waals surface area (Å²) in [5.74, 6) is -0.382. The second kappa shape index (κ2) is 6.87. The van der Waals surface area contributed by atoms with Crippen LogP contribution in [0.4, 0.5) is 11.4 Å². The summed E-state index contributed by atoms with van der Waals surface area (Å²) >= 11 is 0. The van der Waals surface area contributed by atoms with Crippen LogP contribution in [-0.4, -0.2) is 35.4 Å². The predicted octanol–water partition coefficient (Wildman–Crippen LogP) is 2.35. The first-order valence-corrected chi connectivity index (χ1v) is 8.06. The molecule has 1 aliphatic heterocycles. The van der Waals surface area contributed by atoms with Gasteiger partial charge in [0, 0.05) is 11.3 Å². The molecule has 0 radical (unpaired) electrons. The van der Waals surface area contributed by atoms with E-state index < -0.39 is 11.9 Å². The smallest absolute Gasteiger partial charge is 0.265 e. The molecule has 0 fully saturated rings. The normalized spacial score (nSPS) is 14.2. The largest absolute Gasteiger partial charge is 0.508 e. The molecule has 134 valence electrons. The maximum Gasteiger partial charge on any atom is 0.265 e. The number of fused-ring (bicyclic) bond motifs is 1. The number of rotatable bonds is 4. The van der Waals surface area contributed by atoms with Crippen molar-refractivity contribution < 1.29 is 24.2 Å². The van der Waals surface area contributed by atoms with Gasteiger partial charge in [0.25, 0.3) is 5.91 Å². The van der Waals surface area contributed by atoms with Gasteiger partial charge in [0.1, 0.15) is 17.5 Å². The molecule has 7 heteroatoms. The van der Waals surface area contributed by atoms with Gasteiger partial charge in [0.2, 0.25) is 5.91 Å². The minimum absolute atomic E-state index is 0.0881. The third-order valence-electron chi connectivity index (χ3n) is 4.15. The van der Waals surface area contributed by atoms with Gasteiger partial charge in [-0.05, 0) is 56.3 Å². The quantitative estimate of drug-likeness (QED) is 0.649. The van der Waals surface area contributed by atoms with Crippen LogP contribution in [0.25, 0.3) is 0 Å². The Morgan fingerprint density at radius 3 is 2.54 bits per heavy atom. The lowest BCUT2D eigenvalue weighted by Gasteiger charge is -2.33. The van der Waals surface area contributed by atoms with Crippen LogP contribution in [-0.2, 0) is 9.59 Å². The molecule has 3 rings (SSSR count). The number of aromatic hydroxyl groups is 1. The third kappa shape index (κ3) is 3.37. The first-order chi connectivity index (χ1) is 12.4.